The number of para-hydroxylation sites is 3. The monoisotopic (exact) mass is 1850 g/mol. The quantitative estimate of drug-likeness (QED) is 0.0797. The third-order valence-electron chi connectivity index (χ3n) is 29.6. The predicted octanol–water partition coefficient (Wildman–Crippen LogP) is 34.1. The van der Waals surface area contributed by atoms with Crippen LogP contribution in [0.5, 0.6) is 0 Å². The van der Waals surface area contributed by atoms with E-state index in [1.54, 1.807) is 6.08 Å². The fourth-order valence-corrected chi connectivity index (χ4v) is 22.6. The molecule has 0 fully saturated rings. The first-order valence-corrected chi connectivity index (χ1v) is 48.9. The van der Waals surface area contributed by atoms with E-state index in [9.17, 15) is 0 Å². The minimum Gasteiger partial charge on any atom is -0.455 e. The second-order valence-corrected chi connectivity index (χ2v) is 38.9. The van der Waals surface area contributed by atoms with Gasteiger partial charge in [0.05, 0.1) is 16.7 Å². The van der Waals surface area contributed by atoms with Crippen LogP contribution in [-0.2, 0) is 16.2 Å². The summed E-state index contributed by atoms with van der Waals surface area (Å²) in [4.78, 5) is 46.0. The smallest absolute Gasteiger partial charge is 0.167 e. The SMILES string of the molecule is C=C/C=C(\C=C)c1cccc(-c2nc(-c3cccc(-c4ccccc4)c3)nc(-c3cccc4c3oc3ccc5c(c34)-c3ccccc3C5(C)C)n2)c1.CC1(C)c2ccccc2-c2c1ccc1oc3c(-c4nc(-c5ccccc5)nc(-c5cc6ccccc6c6ccccc56)n4)cccc3c21.CC1(C)c2ccccc2-c2c1ccc1oc3c(-c4nc(-c5ccccc5)nc(-c5cccc6ccccc56)n4)cccc3c21. The van der Waals surface area contributed by atoms with Gasteiger partial charge in [-0.05, 0) is 176 Å². The van der Waals surface area contributed by atoms with Crippen LogP contribution in [0.3, 0.4) is 0 Å². The Morgan fingerprint density at radius 2 is 0.535 bits per heavy atom. The Hall–Kier alpha value is -18.4. The minimum atomic E-state index is -0.117. The summed E-state index contributed by atoms with van der Waals surface area (Å²) in [6.07, 6.45) is 5.55. The molecule has 0 spiro atoms. The summed E-state index contributed by atoms with van der Waals surface area (Å²) in [7, 11) is 0. The molecular formula is C132H91N9O3. The molecular weight excluding hydrogens is 1760 g/mol. The standard InChI is InChI=1S/C48H35N3O.C44H29N3O.C40H27N3O/c1-5-15-30(6-2)32-18-12-20-34(28-32)45-49-46(35-21-13-19-33(29-35)31-16-8-7-9-17-31)51-47(50-45)38-24-14-23-37-43-41(52-44(37)38)27-26-40-42(43)36-22-10-11-25-39(36)48(40,3)4;1-44(2)35-22-11-10-19-31(35)38-36(44)23-24-37-39(38)32-20-12-21-33(40(32)48-37)42-45-41(26-13-4-3-5-14-26)46-43(47-42)34-25-27-15-6-7-16-28(27)29-17-8-9-18-30(29)34;1-40(2)31-21-9-8-17-28(31)34-32(40)22-23-33-35(34)29-19-11-20-30(36(29)44-33)39-42-37(25-13-4-3-5-14-25)41-38(43-39)27-18-10-15-24-12-6-7-16-26(24)27/h5-29H,1-2H2,3-4H3;3-25H,1-2H3;3-23H,1-2H3/b30-15+;;. The Kier molecular flexibility index (Phi) is 20.3. The van der Waals surface area contributed by atoms with Crippen LogP contribution in [0.2, 0.25) is 0 Å². The zero-order chi connectivity index (χ0) is 96.8. The van der Waals surface area contributed by atoms with Crippen molar-refractivity contribution < 1.29 is 13.3 Å². The van der Waals surface area contributed by atoms with Gasteiger partial charge in [-0.15, -0.1) is 0 Å². The summed E-state index contributed by atoms with van der Waals surface area (Å²) < 4.78 is 20.3. The van der Waals surface area contributed by atoms with E-state index in [0.29, 0.717) is 52.4 Å². The first-order valence-electron chi connectivity index (χ1n) is 48.9. The van der Waals surface area contributed by atoms with E-state index in [1.165, 1.54) is 77.5 Å². The number of aromatic nitrogens is 9. The highest BCUT2D eigenvalue weighted by Gasteiger charge is 2.41. The molecule has 3 aliphatic rings. The van der Waals surface area contributed by atoms with Gasteiger partial charge in [0, 0.05) is 81.9 Å². The number of fused-ring (bicyclic) bond motifs is 25. The van der Waals surface area contributed by atoms with Crippen LogP contribution in [0.25, 0.3) is 251 Å². The first-order chi connectivity index (χ1) is 70.6. The third kappa shape index (κ3) is 14.1. The molecule has 6 heterocycles. The van der Waals surface area contributed by atoms with Crippen LogP contribution < -0.4 is 0 Å². The van der Waals surface area contributed by atoms with Crippen molar-refractivity contribution in [3.63, 3.8) is 0 Å². The zero-order valence-electron chi connectivity index (χ0n) is 80.0. The topological polar surface area (TPSA) is 155 Å². The number of allylic oxidation sites excluding steroid dienone is 4. The Morgan fingerprint density at radius 3 is 1.00 bits per heavy atom. The summed E-state index contributed by atoms with van der Waals surface area (Å²) in [6, 6.07) is 139. The number of hydrogen-bond acceptors (Lipinski definition) is 12. The lowest BCUT2D eigenvalue weighted by Crippen LogP contribution is -2.14. The van der Waals surface area contributed by atoms with E-state index >= 15 is 0 Å². The van der Waals surface area contributed by atoms with Gasteiger partial charge < -0.3 is 13.3 Å². The van der Waals surface area contributed by atoms with Crippen molar-refractivity contribution in [1.82, 2.24) is 44.9 Å². The molecule has 0 saturated carbocycles. The molecule has 0 amide bonds. The molecule has 144 heavy (non-hydrogen) atoms. The van der Waals surface area contributed by atoms with Gasteiger partial charge in [0.1, 0.15) is 33.5 Å². The molecule has 682 valence electrons. The molecule has 0 unspecified atom stereocenters. The molecule has 25 aromatic rings. The lowest BCUT2D eigenvalue weighted by Gasteiger charge is -2.21. The van der Waals surface area contributed by atoms with Gasteiger partial charge in [-0.3, -0.25) is 0 Å². The molecule has 6 aromatic heterocycles. The van der Waals surface area contributed by atoms with Crippen molar-refractivity contribution in [2.24, 2.45) is 0 Å². The first kappa shape index (κ1) is 86.0. The number of rotatable bonds is 13. The lowest BCUT2D eigenvalue weighted by atomic mass is 9.82. The van der Waals surface area contributed by atoms with Crippen LogP contribution >= 0.6 is 0 Å². The normalized spacial score (nSPS) is 13.3. The fraction of sp³-hybridized carbons (Fsp3) is 0.0682. The Labute approximate surface area is 831 Å². The van der Waals surface area contributed by atoms with Crippen LogP contribution in [0.4, 0.5) is 0 Å². The average Bonchev–Trinajstić information content (AvgIpc) is 1.54. The molecule has 0 radical (unpaired) electrons. The average molecular weight is 1850 g/mol. The molecule has 0 bridgehead atoms. The van der Waals surface area contributed by atoms with Gasteiger partial charge in [0.15, 0.2) is 52.4 Å². The Morgan fingerprint density at radius 1 is 0.222 bits per heavy atom. The van der Waals surface area contributed by atoms with Crippen molar-refractivity contribution in [3.05, 3.63) is 471 Å². The van der Waals surface area contributed by atoms with Crippen molar-refractivity contribution in [2.45, 2.75) is 57.8 Å². The van der Waals surface area contributed by atoms with Gasteiger partial charge in [0.2, 0.25) is 0 Å². The largest absolute Gasteiger partial charge is 0.455 e. The van der Waals surface area contributed by atoms with E-state index in [2.05, 4.69) is 370 Å². The molecule has 3 aliphatic carbocycles. The summed E-state index contributed by atoms with van der Waals surface area (Å²) in [5.41, 5.74) is 32.4. The molecule has 0 N–H and O–H groups in total. The highest BCUT2D eigenvalue weighted by atomic mass is 16.3. The molecule has 28 rings (SSSR count). The zero-order valence-corrected chi connectivity index (χ0v) is 80.0. The third-order valence-corrected chi connectivity index (χ3v) is 29.6. The van der Waals surface area contributed by atoms with E-state index in [0.717, 1.165) is 160 Å². The van der Waals surface area contributed by atoms with Gasteiger partial charge in [-0.25, -0.2) is 44.9 Å². The maximum Gasteiger partial charge on any atom is 0.167 e. The summed E-state index contributed by atoms with van der Waals surface area (Å²) in [6.45, 7) is 21.7. The number of benzene rings is 19. The fourth-order valence-electron chi connectivity index (χ4n) is 22.6. The van der Waals surface area contributed by atoms with Gasteiger partial charge >= 0.3 is 0 Å². The molecule has 12 nitrogen and oxygen atoms in total. The van der Waals surface area contributed by atoms with Crippen LogP contribution in [0.15, 0.2) is 445 Å². The number of hydrogen-bond donors (Lipinski definition) is 0. The maximum atomic E-state index is 6.78. The van der Waals surface area contributed by atoms with Crippen molar-refractivity contribution >= 4 is 104 Å². The molecule has 0 atom stereocenters. The van der Waals surface area contributed by atoms with Crippen LogP contribution in [-0.4, -0.2) is 44.9 Å². The van der Waals surface area contributed by atoms with Crippen molar-refractivity contribution in [3.8, 4) is 147 Å². The number of furan rings is 3. The van der Waals surface area contributed by atoms with Crippen LogP contribution in [0.1, 0.15) is 80.5 Å². The molecule has 19 aromatic carbocycles. The Bertz CT molecular complexity index is 9680. The summed E-state index contributed by atoms with van der Waals surface area (Å²) in [5, 5.41) is 13.4. The van der Waals surface area contributed by atoms with E-state index in [4.69, 9.17) is 58.1 Å². The van der Waals surface area contributed by atoms with E-state index in [-0.39, 0.29) is 16.2 Å². The Balaban J connectivity index is 0.000000111. The van der Waals surface area contributed by atoms with Crippen molar-refractivity contribution in [2.75, 3.05) is 0 Å². The summed E-state index contributed by atoms with van der Waals surface area (Å²) in [5.74, 6) is 5.38. The summed E-state index contributed by atoms with van der Waals surface area (Å²) >= 11 is 0. The van der Waals surface area contributed by atoms with Gasteiger partial charge in [-0.1, -0.05) is 419 Å². The number of nitrogens with zero attached hydrogens (tertiary/aromatic N) is 9. The molecule has 12 heteroatoms. The lowest BCUT2D eigenvalue weighted by molar-refractivity contribution is 0.656. The van der Waals surface area contributed by atoms with E-state index < -0.39 is 0 Å². The molecule has 0 aliphatic heterocycles. The second-order valence-electron chi connectivity index (χ2n) is 38.9. The predicted molar refractivity (Wildman–Crippen MR) is 589 cm³/mol. The van der Waals surface area contributed by atoms with E-state index in [1.807, 2.05) is 97.1 Å². The minimum absolute atomic E-state index is 0.0898. The maximum absolute atomic E-state index is 6.78. The second kappa shape index (κ2) is 34.0. The van der Waals surface area contributed by atoms with Gasteiger partial charge in [-0.2, -0.15) is 0 Å². The molecule has 0 saturated heterocycles. The van der Waals surface area contributed by atoms with Gasteiger partial charge in [0.25, 0.3) is 0 Å². The highest BCUT2D eigenvalue weighted by Crippen LogP contribution is 2.58. The van der Waals surface area contributed by atoms with Crippen molar-refractivity contribution in [1.29, 1.82) is 0 Å². The highest BCUT2D eigenvalue weighted by molar-refractivity contribution is 6.21. The van der Waals surface area contributed by atoms with Crippen LogP contribution in [0, 0.1) is 0 Å².